The molecule has 3 N–H and O–H groups in total. The molecule has 0 aliphatic heterocycles. The van der Waals surface area contributed by atoms with Gasteiger partial charge in [0, 0.05) is 18.2 Å². The van der Waals surface area contributed by atoms with E-state index in [1.165, 1.54) is 6.07 Å². The van der Waals surface area contributed by atoms with E-state index in [0.29, 0.717) is 12.1 Å². The molecule has 0 saturated heterocycles. The van der Waals surface area contributed by atoms with Crippen molar-refractivity contribution in [3.63, 3.8) is 0 Å². The van der Waals surface area contributed by atoms with Crippen molar-refractivity contribution in [3.05, 3.63) is 70.8 Å². The number of hydrogen-bond acceptors (Lipinski definition) is 2. The van der Waals surface area contributed by atoms with Gasteiger partial charge in [-0.25, -0.2) is 8.78 Å². The second-order valence-electron chi connectivity index (χ2n) is 4.02. The molecule has 2 rings (SSSR count). The van der Waals surface area contributed by atoms with Gasteiger partial charge in [0.1, 0.15) is 17.7 Å². The van der Waals surface area contributed by atoms with Crippen molar-refractivity contribution in [1.82, 2.24) is 0 Å². The van der Waals surface area contributed by atoms with Gasteiger partial charge in [-0.3, -0.25) is 0 Å². The molecule has 0 bridgehead atoms. The number of benzene rings is 2. The predicted octanol–water partition coefficient (Wildman–Crippen LogP) is 2.51. The Labute approximate surface area is 104 Å². The summed E-state index contributed by atoms with van der Waals surface area (Å²) in [5.74, 6) is -1.43. The van der Waals surface area contributed by atoms with Crippen LogP contribution in [0.1, 0.15) is 22.8 Å². The van der Waals surface area contributed by atoms with Crippen LogP contribution >= 0.6 is 0 Å². The number of nitrogens with two attached hydrogens (primary N) is 1. The largest absolute Gasteiger partial charge is 0.384 e. The lowest BCUT2D eigenvalue weighted by atomic mass is 9.99. The Morgan fingerprint density at radius 1 is 1.11 bits per heavy atom. The summed E-state index contributed by atoms with van der Waals surface area (Å²) in [6, 6.07) is 10.0. The van der Waals surface area contributed by atoms with Crippen LogP contribution in [0.25, 0.3) is 0 Å². The Morgan fingerprint density at radius 3 is 2.56 bits per heavy atom. The van der Waals surface area contributed by atoms with Crippen molar-refractivity contribution in [2.75, 3.05) is 0 Å². The zero-order valence-electron chi connectivity index (χ0n) is 9.61. The van der Waals surface area contributed by atoms with Crippen molar-refractivity contribution in [1.29, 1.82) is 0 Å². The highest BCUT2D eigenvalue weighted by molar-refractivity contribution is 5.33. The van der Waals surface area contributed by atoms with E-state index in [1.54, 1.807) is 18.2 Å². The summed E-state index contributed by atoms with van der Waals surface area (Å²) in [6.07, 6.45) is -1.13. The van der Waals surface area contributed by atoms with Crippen molar-refractivity contribution < 1.29 is 13.9 Å². The topological polar surface area (TPSA) is 46.2 Å². The number of halogens is 2. The van der Waals surface area contributed by atoms with Gasteiger partial charge in [-0.1, -0.05) is 30.3 Å². The molecular weight excluding hydrogens is 236 g/mol. The molecule has 2 aromatic carbocycles. The van der Waals surface area contributed by atoms with E-state index < -0.39 is 17.7 Å². The molecule has 0 aliphatic rings. The Bertz CT molecular complexity index is 557. The van der Waals surface area contributed by atoms with Crippen LogP contribution in [-0.2, 0) is 6.54 Å². The molecule has 18 heavy (non-hydrogen) atoms. The fourth-order valence-electron chi connectivity index (χ4n) is 1.79. The standard InChI is InChI=1S/C14H13F2NO/c15-11-4-5-12(13(16)7-11)14(18)10-3-1-2-9(6-10)8-17/h1-7,14,18H,8,17H2. The molecule has 0 amide bonds. The first kappa shape index (κ1) is 12.7. The third kappa shape index (κ3) is 2.55. The van der Waals surface area contributed by atoms with E-state index in [9.17, 15) is 13.9 Å². The van der Waals surface area contributed by atoms with E-state index in [4.69, 9.17) is 5.73 Å². The monoisotopic (exact) mass is 249 g/mol. The van der Waals surface area contributed by atoms with Gasteiger partial charge in [-0.05, 0) is 17.2 Å². The molecule has 2 aromatic rings. The molecule has 2 nitrogen and oxygen atoms in total. The first-order valence-electron chi connectivity index (χ1n) is 5.53. The van der Waals surface area contributed by atoms with Gasteiger partial charge in [0.2, 0.25) is 0 Å². The third-order valence-corrected chi connectivity index (χ3v) is 2.76. The minimum atomic E-state index is -1.13. The van der Waals surface area contributed by atoms with Gasteiger partial charge in [0.25, 0.3) is 0 Å². The van der Waals surface area contributed by atoms with Gasteiger partial charge in [-0.2, -0.15) is 0 Å². The summed E-state index contributed by atoms with van der Waals surface area (Å²) >= 11 is 0. The van der Waals surface area contributed by atoms with E-state index in [2.05, 4.69) is 0 Å². The van der Waals surface area contributed by atoms with Gasteiger partial charge >= 0.3 is 0 Å². The summed E-state index contributed by atoms with van der Waals surface area (Å²) in [7, 11) is 0. The average Bonchev–Trinajstić information content (AvgIpc) is 2.38. The fraction of sp³-hybridized carbons (Fsp3) is 0.143. The van der Waals surface area contributed by atoms with Crippen LogP contribution in [0.15, 0.2) is 42.5 Å². The molecule has 0 saturated carbocycles. The van der Waals surface area contributed by atoms with Gasteiger partial charge in [-0.15, -0.1) is 0 Å². The van der Waals surface area contributed by atoms with Crippen LogP contribution in [0, 0.1) is 11.6 Å². The summed E-state index contributed by atoms with van der Waals surface area (Å²) in [5, 5.41) is 10.1. The lowest BCUT2D eigenvalue weighted by molar-refractivity contribution is 0.214. The van der Waals surface area contributed by atoms with Crippen LogP contribution in [-0.4, -0.2) is 5.11 Å². The number of aliphatic hydroxyl groups is 1. The fourth-order valence-corrected chi connectivity index (χ4v) is 1.79. The molecule has 1 atom stereocenters. The first-order chi connectivity index (χ1) is 8.61. The maximum absolute atomic E-state index is 13.5. The summed E-state index contributed by atoms with van der Waals surface area (Å²) < 4.78 is 26.3. The van der Waals surface area contributed by atoms with Gasteiger partial charge in [0.15, 0.2) is 0 Å². The minimum absolute atomic E-state index is 0.0468. The molecule has 0 aromatic heterocycles. The Kier molecular flexibility index (Phi) is 3.69. The Morgan fingerprint density at radius 2 is 1.89 bits per heavy atom. The molecule has 0 radical (unpaired) electrons. The SMILES string of the molecule is NCc1cccc(C(O)c2ccc(F)cc2F)c1. The smallest absolute Gasteiger partial charge is 0.132 e. The minimum Gasteiger partial charge on any atom is -0.384 e. The highest BCUT2D eigenvalue weighted by Crippen LogP contribution is 2.25. The molecule has 0 heterocycles. The summed E-state index contributed by atoms with van der Waals surface area (Å²) in [5.41, 5.74) is 6.92. The molecule has 1 unspecified atom stereocenters. The van der Waals surface area contributed by atoms with E-state index in [1.807, 2.05) is 6.07 Å². The van der Waals surface area contributed by atoms with Crippen molar-refractivity contribution in [3.8, 4) is 0 Å². The number of rotatable bonds is 3. The van der Waals surface area contributed by atoms with Crippen LogP contribution < -0.4 is 5.73 Å². The van der Waals surface area contributed by atoms with Gasteiger partial charge < -0.3 is 10.8 Å². The van der Waals surface area contributed by atoms with E-state index in [0.717, 1.165) is 17.7 Å². The molecule has 94 valence electrons. The average molecular weight is 249 g/mol. The second kappa shape index (κ2) is 5.25. The normalized spacial score (nSPS) is 12.4. The second-order valence-corrected chi connectivity index (χ2v) is 4.02. The molecule has 0 spiro atoms. The van der Waals surface area contributed by atoms with Gasteiger partial charge in [0.05, 0.1) is 0 Å². The highest BCUT2D eigenvalue weighted by Gasteiger charge is 2.15. The molecular formula is C14H13F2NO. The highest BCUT2D eigenvalue weighted by atomic mass is 19.1. The zero-order valence-corrected chi connectivity index (χ0v) is 9.61. The first-order valence-corrected chi connectivity index (χ1v) is 5.53. The molecule has 0 fully saturated rings. The predicted molar refractivity (Wildman–Crippen MR) is 64.8 cm³/mol. The maximum atomic E-state index is 13.5. The Balaban J connectivity index is 2.37. The number of aliphatic hydroxyl groups excluding tert-OH is 1. The van der Waals surface area contributed by atoms with Crippen LogP contribution in [0.4, 0.5) is 8.78 Å². The zero-order chi connectivity index (χ0) is 13.1. The summed E-state index contributed by atoms with van der Waals surface area (Å²) in [6.45, 7) is 0.340. The quantitative estimate of drug-likeness (QED) is 0.878. The van der Waals surface area contributed by atoms with E-state index >= 15 is 0 Å². The van der Waals surface area contributed by atoms with Crippen molar-refractivity contribution in [2.45, 2.75) is 12.6 Å². The van der Waals surface area contributed by atoms with Crippen molar-refractivity contribution in [2.24, 2.45) is 5.73 Å². The Hall–Kier alpha value is -1.78. The van der Waals surface area contributed by atoms with Crippen molar-refractivity contribution >= 4 is 0 Å². The lowest BCUT2D eigenvalue weighted by Crippen LogP contribution is -2.04. The van der Waals surface area contributed by atoms with Crippen LogP contribution in [0.5, 0.6) is 0 Å². The van der Waals surface area contributed by atoms with E-state index in [-0.39, 0.29) is 5.56 Å². The molecule has 4 heteroatoms. The third-order valence-electron chi connectivity index (χ3n) is 2.76. The van der Waals surface area contributed by atoms with Crippen LogP contribution in [0.3, 0.4) is 0 Å². The van der Waals surface area contributed by atoms with Crippen LogP contribution in [0.2, 0.25) is 0 Å². The number of hydrogen-bond donors (Lipinski definition) is 2. The summed E-state index contributed by atoms with van der Waals surface area (Å²) in [4.78, 5) is 0. The lowest BCUT2D eigenvalue weighted by Gasteiger charge is -2.13. The molecule has 0 aliphatic carbocycles. The maximum Gasteiger partial charge on any atom is 0.132 e.